The van der Waals surface area contributed by atoms with Crippen molar-refractivity contribution in [3.63, 3.8) is 0 Å². The van der Waals surface area contributed by atoms with Crippen molar-refractivity contribution in [1.29, 1.82) is 0 Å². The molecule has 0 aliphatic heterocycles. The number of benzene rings is 2. The molecule has 0 saturated heterocycles. The number of hydrogen-bond acceptors (Lipinski definition) is 4. The molecule has 5 heteroatoms. The number of rotatable bonds is 7. The number of carboxylic acids is 1. The molecule has 0 atom stereocenters. The van der Waals surface area contributed by atoms with E-state index in [9.17, 15) is 4.79 Å². The normalized spacial score (nSPS) is 10.4. The highest BCUT2D eigenvalue weighted by atomic mass is 16.5. The molecule has 0 saturated carbocycles. The van der Waals surface area contributed by atoms with Crippen molar-refractivity contribution >= 4 is 5.97 Å². The van der Waals surface area contributed by atoms with Crippen LogP contribution in [0.25, 0.3) is 11.1 Å². The van der Waals surface area contributed by atoms with Gasteiger partial charge in [0.25, 0.3) is 0 Å². The summed E-state index contributed by atoms with van der Waals surface area (Å²) < 4.78 is 10.6. The molecule has 2 N–H and O–H groups in total. The van der Waals surface area contributed by atoms with Gasteiger partial charge in [0.2, 0.25) is 0 Å². The fourth-order valence-corrected chi connectivity index (χ4v) is 2.49. The van der Waals surface area contributed by atoms with Crippen LogP contribution in [-0.4, -0.2) is 36.0 Å². The summed E-state index contributed by atoms with van der Waals surface area (Å²) >= 11 is 0. The van der Waals surface area contributed by atoms with Crippen molar-refractivity contribution < 1.29 is 24.5 Å². The predicted molar refractivity (Wildman–Crippen MR) is 87.1 cm³/mol. The van der Waals surface area contributed by atoms with Gasteiger partial charge in [0.15, 0.2) is 6.61 Å². The molecule has 5 nitrogen and oxygen atoms in total. The first kappa shape index (κ1) is 16.8. The lowest BCUT2D eigenvalue weighted by atomic mass is 9.95. The van der Waals surface area contributed by atoms with Crippen LogP contribution in [0.1, 0.15) is 11.1 Å². The van der Waals surface area contributed by atoms with E-state index < -0.39 is 5.97 Å². The average molecular weight is 316 g/mol. The molecule has 0 amide bonds. The molecular weight excluding hydrogens is 296 g/mol. The van der Waals surface area contributed by atoms with Gasteiger partial charge in [-0.3, -0.25) is 0 Å². The van der Waals surface area contributed by atoms with E-state index in [0.29, 0.717) is 5.75 Å². The van der Waals surface area contributed by atoms with E-state index in [0.717, 1.165) is 28.0 Å². The Hall–Kier alpha value is -2.53. The number of aliphatic hydroxyl groups excluding tert-OH is 1. The maximum atomic E-state index is 10.5. The van der Waals surface area contributed by atoms with Crippen LogP contribution >= 0.6 is 0 Å². The summed E-state index contributed by atoms with van der Waals surface area (Å²) in [7, 11) is 0. The van der Waals surface area contributed by atoms with Crippen molar-refractivity contribution in [2.45, 2.75) is 13.8 Å². The number of hydrogen-bond donors (Lipinski definition) is 2. The zero-order valence-electron chi connectivity index (χ0n) is 13.2. The lowest BCUT2D eigenvalue weighted by Crippen LogP contribution is -2.09. The Morgan fingerprint density at radius 2 is 1.61 bits per heavy atom. The zero-order valence-corrected chi connectivity index (χ0v) is 13.2. The van der Waals surface area contributed by atoms with Crippen molar-refractivity contribution in [3.05, 3.63) is 47.5 Å². The molecule has 2 aromatic carbocycles. The molecule has 0 aliphatic carbocycles. The first-order valence-electron chi connectivity index (χ1n) is 7.31. The summed E-state index contributed by atoms with van der Waals surface area (Å²) in [6.45, 7) is 3.91. The molecule has 0 radical (unpaired) electrons. The van der Waals surface area contributed by atoms with Crippen LogP contribution in [-0.2, 0) is 4.79 Å². The molecule has 0 heterocycles. The molecule has 0 fully saturated rings. The molecule has 2 aromatic rings. The quantitative estimate of drug-likeness (QED) is 0.821. The second-order valence-electron chi connectivity index (χ2n) is 5.21. The predicted octanol–water partition coefficient (Wildman–Crippen LogP) is 2.80. The van der Waals surface area contributed by atoms with Gasteiger partial charge in [-0.15, -0.1) is 0 Å². The number of aliphatic hydroxyl groups is 1. The molecule has 0 aromatic heterocycles. The van der Waals surface area contributed by atoms with E-state index in [1.165, 1.54) is 0 Å². The molecule has 2 rings (SSSR count). The minimum Gasteiger partial charge on any atom is -0.491 e. The Morgan fingerprint density at radius 1 is 1.00 bits per heavy atom. The Kier molecular flexibility index (Phi) is 5.60. The van der Waals surface area contributed by atoms with Crippen LogP contribution < -0.4 is 9.47 Å². The van der Waals surface area contributed by atoms with E-state index >= 15 is 0 Å². The SMILES string of the molecule is Cc1cc(OCCO)cc(C)c1-c1ccc(OCC(=O)O)cc1. The standard InChI is InChI=1S/C18H20O5/c1-12-9-16(22-8-7-19)10-13(2)18(12)14-3-5-15(6-4-14)23-11-17(20)21/h3-6,9-10,19H,7-8,11H2,1-2H3,(H,20,21). The lowest BCUT2D eigenvalue weighted by molar-refractivity contribution is -0.139. The topological polar surface area (TPSA) is 76.0 Å². The van der Waals surface area contributed by atoms with Crippen LogP contribution in [0.15, 0.2) is 36.4 Å². The van der Waals surface area contributed by atoms with E-state index in [1.54, 1.807) is 12.1 Å². The van der Waals surface area contributed by atoms with Gasteiger partial charge in [0, 0.05) is 0 Å². The summed E-state index contributed by atoms with van der Waals surface area (Å²) in [5.74, 6) is 0.257. The van der Waals surface area contributed by atoms with E-state index in [-0.39, 0.29) is 19.8 Å². The van der Waals surface area contributed by atoms with Gasteiger partial charge in [0.1, 0.15) is 18.1 Å². The van der Waals surface area contributed by atoms with E-state index in [2.05, 4.69) is 0 Å². The molecular formula is C18H20O5. The summed E-state index contributed by atoms with van der Waals surface area (Å²) in [6, 6.07) is 11.2. The number of ether oxygens (including phenoxy) is 2. The van der Waals surface area contributed by atoms with E-state index in [4.69, 9.17) is 19.7 Å². The van der Waals surface area contributed by atoms with Crippen molar-refractivity contribution in [2.75, 3.05) is 19.8 Å². The average Bonchev–Trinajstić information content (AvgIpc) is 2.51. The summed E-state index contributed by atoms with van der Waals surface area (Å²) in [4.78, 5) is 10.5. The number of aliphatic carboxylic acids is 1. The highest BCUT2D eigenvalue weighted by Crippen LogP contribution is 2.32. The van der Waals surface area contributed by atoms with Crippen molar-refractivity contribution in [1.82, 2.24) is 0 Å². The van der Waals surface area contributed by atoms with Crippen LogP contribution in [0.2, 0.25) is 0 Å². The molecule has 0 bridgehead atoms. The van der Waals surface area contributed by atoms with E-state index in [1.807, 2.05) is 38.1 Å². The largest absolute Gasteiger partial charge is 0.491 e. The van der Waals surface area contributed by atoms with Crippen LogP contribution in [0.3, 0.4) is 0 Å². The van der Waals surface area contributed by atoms with Crippen LogP contribution in [0.4, 0.5) is 0 Å². The smallest absolute Gasteiger partial charge is 0.341 e. The number of aryl methyl sites for hydroxylation is 2. The Labute approximate surface area is 135 Å². The molecule has 23 heavy (non-hydrogen) atoms. The van der Waals surface area contributed by atoms with Gasteiger partial charge in [0.05, 0.1) is 6.61 Å². The maximum absolute atomic E-state index is 10.5. The van der Waals surface area contributed by atoms with Gasteiger partial charge in [-0.2, -0.15) is 0 Å². The van der Waals surface area contributed by atoms with Crippen LogP contribution in [0.5, 0.6) is 11.5 Å². The second kappa shape index (κ2) is 7.65. The van der Waals surface area contributed by atoms with Gasteiger partial charge in [-0.25, -0.2) is 4.79 Å². The van der Waals surface area contributed by atoms with Crippen LogP contribution in [0, 0.1) is 13.8 Å². The second-order valence-corrected chi connectivity index (χ2v) is 5.21. The minimum atomic E-state index is -1.00. The summed E-state index contributed by atoms with van der Waals surface area (Å²) in [6.07, 6.45) is 0. The summed E-state index contributed by atoms with van der Waals surface area (Å²) in [5, 5.41) is 17.4. The number of carboxylic acid groups (broad SMARTS) is 1. The van der Waals surface area contributed by atoms with Gasteiger partial charge in [-0.1, -0.05) is 12.1 Å². The first-order valence-corrected chi connectivity index (χ1v) is 7.31. The fourth-order valence-electron chi connectivity index (χ4n) is 2.49. The summed E-state index contributed by atoms with van der Waals surface area (Å²) in [5.41, 5.74) is 4.26. The van der Waals surface area contributed by atoms with Crippen molar-refractivity contribution in [2.24, 2.45) is 0 Å². The monoisotopic (exact) mass is 316 g/mol. The van der Waals surface area contributed by atoms with Gasteiger partial charge in [-0.05, 0) is 60.4 Å². The fraction of sp³-hybridized carbons (Fsp3) is 0.278. The third kappa shape index (κ3) is 4.47. The van der Waals surface area contributed by atoms with Crippen molar-refractivity contribution in [3.8, 4) is 22.6 Å². The molecule has 0 spiro atoms. The Bertz CT molecular complexity index is 653. The molecule has 122 valence electrons. The Morgan fingerprint density at radius 3 is 2.13 bits per heavy atom. The highest BCUT2D eigenvalue weighted by Gasteiger charge is 2.09. The maximum Gasteiger partial charge on any atom is 0.341 e. The van der Waals surface area contributed by atoms with Gasteiger partial charge < -0.3 is 19.7 Å². The molecule has 0 aliphatic rings. The third-order valence-electron chi connectivity index (χ3n) is 3.37. The third-order valence-corrected chi connectivity index (χ3v) is 3.37. The zero-order chi connectivity index (χ0) is 16.8. The first-order chi connectivity index (χ1) is 11.0. The highest BCUT2D eigenvalue weighted by molar-refractivity contribution is 5.72. The van der Waals surface area contributed by atoms with Gasteiger partial charge >= 0.3 is 5.97 Å². The number of carbonyl (C=O) groups is 1. The lowest BCUT2D eigenvalue weighted by Gasteiger charge is -2.14. The Balaban J connectivity index is 2.22. The molecule has 0 unspecified atom stereocenters. The minimum absolute atomic E-state index is 0.0162.